The fourth-order valence-corrected chi connectivity index (χ4v) is 5.41. The van der Waals surface area contributed by atoms with Crippen molar-refractivity contribution < 1.29 is 8.42 Å². The first-order valence-corrected chi connectivity index (χ1v) is 9.91. The van der Waals surface area contributed by atoms with E-state index in [1.807, 2.05) is 91.0 Å². The third-order valence-electron chi connectivity index (χ3n) is 4.18. The minimum atomic E-state index is -3.62. The highest BCUT2D eigenvalue weighted by atomic mass is 32.2. The molecule has 0 saturated carbocycles. The first kappa shape index (κ1) is 16.8. The van der Waals surface area contributed by atoms with E-state index in [2.05, 4.69) is 12.6 Å². The van der Waals surface area contributed by atoms with Crippen molar-refractivity contribution in [2.24, 2.45) is 0 Å². The average Bonchev–Trinajstić information content (AvgIpc) is 2.65. The summed E-state index contributed by atoms with van der Waals surface area (Å²) < 4.78 is 25.4. The van der Waals surface area contributed by atoms with Gasteiger partial charge < -0.3 is 0 Å². The number of hydrogen-bond donors (Lipinski definition) is 1. The Balaban J connectivity index is 2.47. The van der Waals surface area contributed by atoms with Crippen LogP contribution in [0, 0.1) is 0 Å². The van der Waals surface area contributed by atoms with Gasteiger partial charge in [0.05, 0.1) is 5.08 Å². The van der Waals surface area contributed by atoms with Crippen molar-refractivity contribution in [3.63, 3.8) is 0 Å². The van der Waals surface area contributed by atoms with E-state index < -0.39 is 14.6 Å². The van der Waals surface area contributed by atoms with E-state index in [9.17, 15) is 8.42 Å². The van der Waals surface area contributed by atoms with E-state index in [0.29, 0.717) is 0 Å². The van der Waals surface area contributed by atoms with Gasteiger partial charge in [-0.1, -0.05) is 91.0 Å². The summed E-state index contributed by atoms with van der Waals surface area (Å²) in [6, 6.07) is 28.0. The molecule has 0 heterocycles. The molecule has 0 bridgehead atoms. The Morgan fingerprint density at radius 3 is 1.17 bits per heavy atom. The van der Waals surface area contributed by atoms with Crippen LogP contribution in [0.3, 0.4) is 0 Å². The predicted octanol–water partition coefficient (Wildman–Crippen LogP) is 4.28. The van der Waals surface area contributed by atoms with Crippen LogP contribution < -0.4 is 0 Å². The molecule has 0 aliphatic heterocycles. The van der Waals surface area contributed by atoms with Crippen molar-refractivity contribution in [3.05, 3.63) is 108 Å². The highest BCUT2D eigenvalue weighted by Gasteiger charge is 2.47. The molecule has 0 radical (unpaired) electrons. The lowest BCUT2D eigenvalue weighted by molar-refractivity contribution is 0.577. The zero-order chi connectivity index (χ0) is 17.0. The second kappa shape index (κ2) is 6.83. The molecule has 24 heavy (non-hydrogen) atoms. The standard InChI is InChI=1S/C20H18O2S2/c21-24(22,16-23)20(17-10-4-1-5-11-17,18-12-6-2-7-13-18)19-14-8-3-9-15-19/h1-15,23H,16H2. The van der Waals surface area contributed by atoms with Crippen LogP contribution in [0.4, 0.5) is 0 Å². The third kappa shape index (κ3) is 2.66. The summed E-state index contributed by atoms with van der Waals surface area (Å²) in [5.41, 5.74) is 2.16. The quantitative estimate of drug-likeness (QED) is 0.548. The molecule has 2 nitrogen and oxygen atoms in total. The Bertz CT molecular complexity index is 793. The fourth-order valence-electron chi connectivity index (χ4n) is 3.15. The molecular weight excluding hydrogens is 336 g/mol. The highest BCUT2D eigenvalue weighted by molar-refractivity contribution is 8.04. The molecule has 0 saturated heterocycles. The van der Waals surface area contributed by atoms with Gasteiger partial charge in [0.25, 0.3) is 0 Å². The van der Waals surface area contributed by atoms with Gasteiger partial charge in [-0.3, -0.25) is 0 Å². The van der Waals surface area contributed by atoms with Crippen LogP contribution in [0.25, 0.3) is 0 Å². The van der Waals surface area contributed by atoms with Crippen molar-refractivity contribution >= 4 is 22.5 Å². The lowest BCUT2D eigenvalue weighted by Gasteiger charge is -2.34. The first-order valence-electron chi connectivity index (χ1n) is 7.62. The highest BCUT2D eigenvalue weighted by Crippen LogP contribution is 2.44. The second-order valence-electron chi connectivity index (χ2n) is 5.52. The van der Waals surface area contributed by atoms with Gasteiger partial charge in [0.1, 0.15) is 4.75 Å². The summed E-state index contributed by atoms with van der Waals surface area (Å²) in [5.74, 6) is 0. The second-order valence-corrected chi connectivity index (χ2v) is 8.40. The maximum atomic E-state index is 13.3. The monoisotopic (exact) mass is 354 g/mol. The van der Waals surface area contributed by atoms with Crippen LogP contribution in [0.1, 0.15) is 16.7 Å². The van der Waals surface area contributed by atoms with E-state index in [1.165, 1.54) is 0 Å². The number of hydrogen-bond acceptors (Lipinski definition) is 3. The van der Waals surface area contributed by atoms with E-state index >= 15 is 0 Å². The van der Waals surface area contributed by atoms with Crippen LogP contribution in [-0.4, -0.2) is 13.5 Å². The molecule has 0 aliphatic rings. The summed E-state index contributed by atoms with van der Waals surface area (Å²) in [7, 11) is -3.62. The minimum absolute atomic E-state index is 0.244. The summed E-state index contributed by atoms with van der Waals surface area (Å²) in [6.07, 6.45) is 0. The molecule has 3 rings (SSSR count). The summed E-state index contributed by atoms with van der Waals surface area (Å²) in [6.45, 7) is 0. The molecule has 0 spiro atoms. The first-order chi connectivity index (χ1) is 11.6. The van der Waals surface area contributed by atoms with Crippen molar-refractivity contribution in [1.29, 1.82) is 0 Å². The van der Waals surface area contributed by atoms with Crippen LogP contribution >= 0.6 is 12.6 Å². The number of sulfone groups is 1. The Morgan fingerprint density at radius 2 is 0.917 bits per heavy atom. The van der Waals surface area contributed by atoms with Gasteiger partial charge in [-0.15, -0.1) is 0 Å². The number of benzene rings is 3. The maximum Gasteiger partial charge on any atom is 0.177 e. The number of rotatable bonds is 5. The van der Waals surface area contributed by atoms with Gasteiger partial charge in [-0.05, 0) is 16.7 Å². The molecule has 3 aromatic carbocycles. The Morgan fingerprint density at radius 1 is 0.625 bits per heavy atom. The van der Waals surface area contributed by atoms with E-state index in [0.717, 1.165) is 16.7 Å². The Kier molecular flexibility index (Phi) is 4.78. The molecule has 3 aromatic rings. The topological polar surface area (TPSA) is 34.1 Å². The summed E-state index contributed by atoms with van der Waals surface area (Å²) in [5, 5.41) is -0.244. The molecule has 0 fully saturated rings. The molecule has 0 aliphatic carbocycles. The fraction of sp³-hybridized carbons (Fsp3) is 0.100. The predicted molar refractivity (Wildman–Crippen MR) is 102 cm³/mol. The Labute approximate surface area is 148 Å². The summed E-state index contributed by atoms with van der Waals surface area (Å²) >= 11 is 4.16. The smallest absolute Gasteiger partial charge is 0.177 e. The molecule has 0 unspecified atom stereocenters. The van der Waals surface area contributed by atoms with Crippen LogP contribution in [0.15, 0.2) is 91.0 Å². The molecule has 122 valence electrons. The molecule has 0 amide bonds. The van der Waals surface area contributed by atoms with Gasteiger partial charge in [0.15, 0.2) is 9.84 Å². The SMILES string of the molecule is O=S(=O)(CS)C(c1ccccc1)(c1ccccc1)c1ccccc1. The van der Waals surface area contributed by atoms with Gasteiger partial charge >= 0.3 is 0 Å². The normalized spacial score (nSPS) is 12.0. The van der Waals surface area contributed by atoms with Crippen molar-refractivity contribution in [1.82, 2.24) is 0 Å². The van der Waals surface area contributed by atoms with Crippen molar-refractivity contribution in [2.75, 3.05) is 5.08 Å². The Hall–Kier alpha value is -2.04. The molecule has 0 aromatic heterocycles. The van der Waals surface area contributed by atoms with Gasteiger partial charge in [0.2, 0.25) is 0 Å². The van der Waals surface area contributed by atoms with Gasteiger partial charge in [-0.2, -0.15) is 12.6 Å². The van der Waals surface area contributed by atoms with Crippen LogP contribution in [-0.2, 0) is 14.6 Å². The molecular formula is C20H18O2S2. The molecule has 0 atom stereocenters. The third-order valence-corrected chi connectivity index (χ3v) is 7.18. The van der Waals surface area contributed by atoms with Crippen LogP contribution in [0.2, 0.25) is 0 Å². The summed E-state index contributed by atoms with van der Waals surface area (Å²) in [4.78, 5) is 0. The lowest BCUT2D eigenvalue weighted by atomic mass is 9.84. The zero-order valence-electron chi connectivity index (χ0n) is 13.0. The maximum absolute atomic E-state index is 13.3. The van der Waals surface area contributed by atoms with E-state index in [1.54, 1.807) is 0 Å². The van der Waals surface area contributed by atoms with E-state index in [-0.39, 0.29) is 5.08 Å². The largest absolute Gasteiger partial charge is 0.226 e. The zero-order valence-corrected chi connectivity index (χ0v) is 14.8. The molecule has 0 N–H and O–H groups in total. The van der Waals surface area contributed by atoms with Crippen molar-refractivity contribution in [3.8, 4) is 0 Å². The van der Waals surface area contributed by atoms with Gasteiger partial charge in [0, 0.05) is 0 Å². The van der Waals surface area contributed by atoms with Gasteiger partial charge in [-0.25, -0.2) is 8.42 Å². The lowest BCUT2D eigenvalue weighted by Crippen LogP contribution is -2.39. The minimum Gasteiger partial charge on any atom is -0.226 e. The average molecular weight is 354 g/mol. The van der Waals surface area contributed by atoms with E-state index in [4.69, 9.17) is 0 Å². The van der Waals surface area contributed by atoms with Crippen LogP contribution in [0.5, 0.6) is 0 Å². The van der Waals surface area contributed by atoms with Crippen molar-refractivity contribution in [2.45, 2.75) is 4.75 Å². The number of thiol groups is 1. The molecule has 4 heteroatoms.